The topological polar surface area (TPSA) is 35.4 Å². The molecule has 0 aliphatic carbocycles. The molecule has 0 radical (unpaired) electrons. The van der Waals surface area contributed by atoms with Gasteiger partial charge in [-0.3, -0.25) is 4.99 Å². The van der Waals surface area contributed by atoms with Crippen LogP contribution in [0.25, 0.3) is 0 Å². The summed E-state index contributed by atoms with van der Waals surface area (Å²) < 4.78 is 0. The second kappa shape index (κ2) is 4.49. The van der Waals surface area contributed by atoms with E-state index in [9.17, 15) is 5.11 Å². The molecule has 1 atom stereocenters. The number of halogens is 1. The average molecular weight is 216 g/mol. The summed E-state index contributed by atoms with van der Waals surface area (Å²) in [6.07, 6.45) is 5.23. The number of allylic oxidation sites excluding steroid dienone is 1. The van der Waals surface area contributed by atoms with Gasteiger partial charge in [-0.15, -0.1) is 5.75 Å². The van der Waals surface area contributed by atoms with Crippen LogP contribution >= 0.6 is 11.6 Å². The second-order valence-corrected chi connectivity index (χ2v) is 3.41. The minimum absolute atomic E-state index is 0. The molecule has 66 valence electrons. The molecule has 1 aromatic carbocycles. The zero-order valence-electron chi connectivity index (χ0n) is 7.77. The quantitative estimate of drug-likeness (QED) is 0.329. The van der Waals surface area contributed by atoms with Crippen LogP contribution in [0.1, 0.15) is 5.56 Å². The third-order valence-corrected chi connectivity index (χ3v) is 2.37. The van der Waals surface area contributed by atoms with Crippen molar-refractivity contribution >= 4 is 17.8 Å². The van der Waals surface area contributed by atoms with Crippen LogP contribution < -0.4 is 34.7 Å². The van der Waals surface area contributed by atoms with E-state index in [0.717, 1.165) is 5.56 Å². The SMILES string of the molecule is [Na+].[O-]c1ccc(C2(Cl)C=CC=N2)cc1. The number of benzene rings is 1. The maximum absolute atomic E-state index is 10.8. The molecule has 0 fully saturated rings. The van der Waals surface area contributed by atoms with Crippen molar-refractivity contribution in [2.24, 2.45) is 4.99 Å². The van der Waals surface area contributed by atoms with Crippen molar-refractivity contribution in [3.05, 3.63) is 42.0 Å². The number of rotatable bonds is 1. The van der Waals surface area contributed by atoms with E-state index in [4.69, 9.17) is 11.6 Å². The van der Waals surface area contributed by atoms with Gasteiger partial charge in [-0.1, -0.05) is 35.9 Å². The van der Waals surface area contributed by atoms with Crippen molar-refractivity contribution in [2.75, 3.05) is 0 Å². The van der Waals surface area contributed by atoms with Gasteiger partial charge in [-0.05, 0) is 17.7 Å². The Labute approximate surface area is 110 Å². The number of nitrogens with zero attached hydrogens (tertiary/aromatic N) is 1. The Balaban J connectivity index is 0.000000980. The van der Waals surface area contributed by atoms with E-state index in [2.05, 4.69) is 4.99 Å². The van der Waals surface area contributed by atoms with Crippen LogP contribution in [0.15, 0.2) is 41.4 Å². The van der Waals surface area contributed by atoms with Crippen molar-refractivity contribution in [3.8, 4) is 5.75 Å². The van der Waals surface area contributed by atoms with Crippen LogP contribution in [0.3, 0.4) is 0 Å². The fraction of sp³-hybridized carbons (Fsp3) is 0.100. The molecule has 0 spiro atoms. The molecular formula is C10H7ClNNaO. The first-order chi connectivity index (χ1) is 6.21. The van der Waals surface area contributed by atoms with Gasteiger partial charge in [-0.2, -0.15) is 0 Å². The van der Waals surface area contributed by atoms with Gasteiger partial charge in [0.05, 0.1) is 0 Å². The first-order valence-corrected chi connectivity index (χ1v) is 4.28. The summed E-state index contributed by atoms with van der Waals surface area (Å²) in [7, 11) is 0. The Kier molecular flexibility index (Phi) is 3.78. The molecule has 1 unspecified atom stereocenters. The summed E-state index contributed by atoms with van der Waals surface area (Å²) >= 11 is 6.16. The van der Waals surface area contributed by atoms with Gasteiger partial charge in [0.15, 0.2) is 5.00 Å². The fourth-order valence-electron chi connectivity index (χ4n) is 1.22. The van der Waals surface area contributed by atoms with Gasteiger partial charge >= 0.3 is 29.6 Å². The first-order valence-electron chi connectivity index (χ1n) is 3.90. The predicted molar refractivity (Wildman–Crippen MR) is 51.1 cm³/mol. The third-order valence-electron chi connectivity index (χ3n) is 1.92. The molecule has 0 N–H and O–H groups in total. The van der Waals surface area contributed by atoms with Crippen LogP contribution in [0, 0.1) is 0 Å². The van der Waals surface area contributed by atoms with Crippen LogP contribution in [0.4, 0.5) is 0 Å². The second-order valence-electron chi connectivity index (χ2n) is 2.84. The summed E-state index contributed by atoms with van der Waals surface area (Å²) in [5, 5.41) is 10.8. The molecule has 0 saturated carbocycles. The molecule has 0 saturated heterocycles. The molecule has 2 rings (SSSR count). The summed E-state index contributed by atoms with van der Waals surface area (Å²) in [6.45, 7) is 0. The van der Waals surface area contributed by atoms with Crippen molar-refractivity contribution in [1.29, 1.82) is 0 Å². The van der Waals surface area contributed by atoms with E-state index in [1.54, 1.807) is 30.5 Å². The van der Waals surface area contributed by atoms with E-state index < -0.39 is 5.00 Å². The normalized spacial score (nSPS) is 23.5. The molecule has 1 aromatic rings. The maximum atomic E-state index is 10.8. The van der Waals surface area contributed by atoms with Crippen LogP contribution in [-0.2, 0) is 5.00 Å². The largest absolute Gasteiger partial charge is 1.00 e. The van der Waals surface area contributed by atoms with E-state index in [-0.39, 0.29) is 35.3 Å². The zero-order valence-corrected chi connectivity index (χ0v) is 10.5. The molecule has 0 amide bonds. The Bertz CT molecular complexity index is 360. The Morgan fingerprint density at radius 2 is 1.86 bits per heavy atom. The minimum Gasteiger partial charge on any atom is -0.872 e. The molecule has 1 aliphatic heterocycles. The molecule has 2 nitrogen and oxygen atoms in total. The molecule has 1 aliphatic rings. The predicted octanol–water partition coefficient (Wildman–Crippen LogP) is -1.20. The smallest absolute Gasteiger partial charge is 0.872 e. The van der Waals surface area contributed by atoms with Gasteiger partial charge < -0.3 is 5.11 Å². The van der Waals surface area contributed by atoms with Gasteiger partial charge in [0.1, 0.15) is 0 Å². The first kappa shape index (κ1) is 11.8. The van der Waals surface area contributed by atoms with Crippen molar-refractivity contribution in [3.63, 3.8) is 0 Å². The standard InChI is InChI=1S/C10H8ClNO.Na/c11-10(6-1-7-12-10)8-2-4-9(13)5-3-8;/h1-7,13H;/q;+1/p-1. The molecule has 0 aromatic heterocycles. The van der Waals surface area contributed by atoms with Crippen molar-refractivity contribution in [1.82, 2.24) is 0 Å². The number of alkyl halides is 1. The molecule has 0 bridgehead atoms. The van der Waals surface area contributed by atoms with Gasteiger partial charge in [-0.25, -0.2) is 0 Å². The number of hydrogen-bond donors (Lipinski definition) is 0. The van der Waals surface area contributed by atoms with Gasteiger partial charge in [0.2, 0.25) is 0 Å². The van der Waals surface area contributed by atoms with Gasteiger partial charge in [0.25, 0.3) is 0 Å². The maximum Gasteiger partial charge on any atom is 1.00 e. The molecule has 4 heteroatoms. The molecule has 14 heavy (non-hydrogen) atoms. The Hall–Kier alpha value is -0.280. The van der Waals surface area contributed by atoms with Crippen molar-refractivity contribution < 1.29 is 34.7 Å². The zero-order chi connectivity index (χ0) is 9.31. The summed E-state index contributed by atoms with van der Waals surface area (Å²) in [6, 6.07) is 6.37. The van der Waals surface area contributed by atoms with E-state index in [1.165, 1.54) is 12.1 Å². The van der Waals surface area contributed by atoms with E-state index in [0.29, 0.717) is 0 Å². The molecular weight excluding hydrogens is 209 g/mol. The van der Waals surface area contributed by atoms with Crippen LogP contribution in [-0.4, -0.2) is 6.21 Å². The van der Waals surface area contributed by atoms with Crippen LogP contribution in [0.5, 0.6) is 5.75 Å². The summed E-state index contributed by atoms with van der Waals surface area (Å²) in [5.74, 6) is -0.0185. The number of aliphatic imine (C=N–C) groups is 1. The molecule has 1 heterocycles. The fourth-order valence-corrected chi connectivity index (χ4v) is 1.48. The van der Waals surface area contributed by atoms with E-state index >= 15 is 0 Å². The monoisotopic (exact) mass is 215 g/mol. The summed E-state index contributed by atoms with van der Waals surface area (Å²) in [5.41, 5.74) is 0.818. The summed E-state index contributed by atoms with van der Waals surface area (Å²) in [4.78, 5) is 3.30. The minimum atomic E-state index is -0.798. The third kappa shape index (κ3) is 2.20. The average Bonchev–Trinajstić information content (AvgIpc) is 2.54. The van der Waals surface area contributed by atoms with Gasteiger partial charge in [0, 0.05) is 6.21 Å². The van der Waals surface area contributed by atoms with Crippen molar-refractivity contribution in [2.45, 2.75) is 5.00 Å². The van der Waals surface area contributed by atoms with E-state index in [1.807, 2.05) is 0 Å². The Morgan fingerprint density at radius 1 is 1.21 bits per heavy atom. The Morgan fingerprint density at radius 3 is 2.36 bits per heavy atom. The number of hydrogen-bond acceptors (Lipinski definition) is 2. The van der Waals surface area contributed by atoms with Crippen LogP contribution in [0.2, 0.25) is 0 Å².